The third-order valence-corrected chi connectivity index (χ3v) is 3.01. The minimum atomic E-state index is -4.40. The second kappa shape index (κ2) is 7.55. The Balaban J connectivity index is 2.51. The maximum absolute atomic E-state index is 12.5. The van der Waals surface area contributed by atoms with E-state index in [1.807, 2.05) is 20.8 Å². The molecule has 1 unspecified atom stereocenters. The van der Waals surface area contributed by atoms with Crippen molar-refractivity contribution in [3.05, 3.63) is 35.4 Å². The van der Waals surface area contributed by atoms with E-state index in [0.29, 0.717) is 5.56 Å². The lowest BCUT2D eigenvalue weighted by molar-refractivity contribution is -0.137. The lowest BCUT2D eigenvalue weighted by Crippen LogP contribution is -2.47. The van der Waals surface area contributed by atoms with Crippen LogP contribution in [0.25, 0.3) is 0 Å². The Morgan fingerprint density at radius 1 is 1.08 bits per heavy atom. The number of amides is 3. The first-order valence-electron chi connectivity index (χ1n) is 7.41. The number of hydrogen-bond acceptors (Lipinski definition) is 2. The molecule has 0 bridgehead atoms. The van der Waals surface area contributed by atoms with Crippen LogP contribution in [-0.4, -0.2) is 24.0 Å². The smallest absolute Gasteiger partial charge is 0.350 e. The molecule has 24 heavy (non-hydrogen) atoms. The van der Waals surface area contributed by atoms with Gasteiger partial charge < -0.3 is 16.0 Å². The largest absolute Gasteiger partial charge is 0.416 e. The van der Waals surface area contributed by atoms with Gasteiger partial charge in [0.25, 0.3) is 0 Å². The quantitative estimate of drug-likeness (QED) is 0.785. The third kappa shape index (κ3) is 6.89. The van der Waals surface area contributed by atoms with Crippen molar-refractivity contribution < 1.29 is 22.8 Å². The molecular formula is C16H22F3N3O2. The van der Waals surface area contributed by atoms with Gasteiger partial charge >= 0.3 is 12.2 Å². The number of benzene rings is 1. The summed E-state index contributed by atoms with van der Waals surface area (Å²) in [6.07, 6.45) is -4.40. The summed E-state index contributed by atoms with van der Waals surface area (Å²) in [5, 5.41) is 7.65. The van der Waals surface area contributed by atoms with Crippen LogP contribution in [0.5, 0.6) is 0 Å². The van der Waals surface area contributed by atoms with E-state index < -0.39 is 29.4 Å². The zero-order valence-electron chi connectivity index (χ0n) is 14.0. The van der Waals surface area contributed by atoms with Gasteiger partial charge in [0.15, 0.2) is 0 Å². The summed E-state index contributed by atoms with van der Waals surface area (Å²) in [7, 11) is 0. The van der Waals surface area contributed by atoms with Crippen LogP contribution in [0.2, 0.25) is 0 Å². The molecule has 1 rings (SSSR count). The molecule has 0 heterocycles. The van der Waals surface area contributed by atoms with Gasteiger partial charge in [-0.05, 0) is 45.4 Å². The average Bonchev–Trinajstić information content (AvgIpc) is 2.42. The molecule has 5 nitrogen and oxygen atoms in total. The molecule has 1 atom stereocenters. The summed E-state index contributed by atoms with van der Waals surface area (Å²) < 4.78 is 37.5. The van der Waals surface area contributed by atoms with E-state index >= 15 is 0 Å². The van der Waals surface area contributed by atoms with Crippen LogP contribution >= 0.6 is 0 Å². The molecule has 3 N–H and O–H groups in total. The van der Waals surface area contributed by atoms with E-state index in [1.165, 1.54) is 12.1 Å². The van der Waals surface area contributed by atoms with Crippen molar-refractivity contribution in [3.63, 3.8) is 0 Å². The van der Waals surface area contributed by atoms with Crippen LogP contribution in [0.4, 0.5) is 18.0 Å². The first-order chi connectivity index (χ1) is 10.9. The van der Waals surface area contributed by atoms with Gasteiger partial charge in [-0.1, -0.05) is 12.1 Å². The molecule has 0 saturated carbocycles. The number of carbonyl (C=O) groups excluding carboxylic acids is 2. The highest BCUT2D eigenvalue weighted by Gasteiger charge is 2.30. The first-order valence-corrected chi connectivity index (χ1v) is 7.41. The molecule has 0 saturated heterocycles. The van der Waals surface area contributed by atoms with Gasteiger partial charge in [-0.2, -0.15) is 13.2 Å². The third-order valence-electron chi connectivity index (χ3n) is 3.01. The monoisotopic (exact) mass is 345 g/mol. The highest BCUT2D eigenvalue weighted by Crippen LogP contribution is 2.29. The van der Waals surface area contributed by atoms with Crippen LogP contribution in [0.3, 0.4) is 0 Å². The predicted molar refractivity (Wildman–Crippen MR) is 84.3 cm³/mol. The molecule has 0 radical (unpaired) electrons. The standard InChI is InChI=1S/C16H22F3N3O2/c1-10(11-5-7-12(8-6-11)16(17,18)19)21-14(24)20-9-13(23)22-15(2,3)4/h5-8,10H,9H2,1-4H3,(H,22,23)(H2,20,21,24). The summed E-state index contributed by atoms with van der Waals surface area (Å²) in [6.45, 7) is 6.90. The van der Waals surface area contributed by atoms with Crippen molar-refractivity contribution in [2.24, 2.45) is 0 Å². The molecule has 8 heteroatoms. The molecule has 0 aromatic heterocycles. The Morgan fingerprint density at radius 3 is 2.08 bits per heavy atom. The highest BCUT2D eigenvalue weighted by molar-refractivity contribution is 5.84. The maximum atomic E-state index is 12.5. The highest BCUT2D eigenvalue weighted by atomic mass is 19.4. The average molecular weight is 345 g/mol. The minimum absolute atomic E-state index is 0.192. The molecule has 0 aliphatic carbocycles. The summed E-state index contributed by atoms with van der Waals surface area (Å²) >= 11 is 0. The Kier molecular flexibility index (Phi) is 6.22. The zero-order valence-corrected chi connectivity index (χ0v) is 14.0. The van der Waals surface area contributed by atoms with E-state index in [1.54, 1.807) is 6.92 Å². The van der Waals surface area contributed by atoms with Crippen molar-refractivity contribution in [2.45, 2.75) is 45.5 Å². The fraction of sp³-hybridized carbons (Fsp3) is 0.500. The van der Waals surface area contributed by atoms with Gasteiger partial charge in [0.2, 0.25) is 5.91 Å². The van der Waals surface area contributed by atoms with Crippen molar-refractivity contribution in [1.82, 2.24) is 16.0 Å². The molecule has 0 spiro atoms. The van der Waals surface area contributed by atoms with Gasteiger partial charge in [0.05, 0.1) is 18.2 Å². The van der Waals surface area contributed by atoms with Crippen LogP contribution < -0.4 is 16.0 Å². The summed E-state index contributed by atoms with van der Waals surface area (Å²) in [6, 6.07) is 3.45. The van der Waals surface area contributed by atoms with Gasteiger partial charge in [-0.25, -0.2) is 4.79 Å². The van der Waals surface area contributed by atoms with Gasteiger partial charge in [-0.3, -0.25) is 4.79 Å². The van der Waals surface area contributed by atoms with Crippen molar-refractivity contribution in [2.75, 3.05) is 6.54 Å². The topological polar surface area (TPSA) is 70.2 Å². The SMILES string of the molecule is CC(NC(=O)NCC(=O)NC(C)(C)C)c1ccc(C(F)(F)F)cc1. The van der Waals surface area contributed by atoms with Crippen LogP contribution in [0.15, 0.2) is 24.3 Å². The lowest BCUT2D eigenvalue weighted by Gasteiger charge is -2.21. The molecule has 0 aliphatic rings. The van der Waals surface area contributed by atoms with E-state index in [-0.39, 0.29) is 12.5 Å². The van der Waals surface area contributed by atoms with Crippen molar-refractivity contribution in [3.8, 4) is 0 Å². The van der Waals surface area contributed by atoms with Gasteiger partial charge in [0.1, 0.15) is 0 Å². The molecule has 0 aliphatic heterocycles. The number of urea groups is 1. The molecule has 0 fully saturated rings. The van der Waals surface area contributed by atoms with Crippen LogP contribution in [0.1, 0.15) is 44.9 Å². The normalized spacial score (nSPS) is 13.1. The summed E-state index contributed by atoms with van der Waals surface area (Å²) in [4.78, 5) is 23.3. The maximum Gasteiger partial charge on any atom is 0.416 e. The number of alkyl halides is 3. The van der Waals surface area contributed by atoms with Crippen molar-refractivity contribution >= 4 is 11.9 Å². The van der Waals surface area contributed by atoms with E-state index in [9.17, 15) is 22.8 Å². The van der Waals surface area contributed by atoms with Crippen LogP contribution in [-0.2, 0) is 11.0 Å². The Hall–Kier alpha value is -2.25. The Labute approximate surface area is 139 Å². The molecule has 1 aromatic rings. The lowest BCUT2D eigenvalue weighted by atomic mass is 10.1. The van der Waals surface area contributed by atoms with E-state index in [0.717, 1.165) is 12.1 Å². The first kappa shape index (κ1) is 19.8. The minimum Gasteiger partial charge on any atom is -0.350 e. The second-order valence-corrected chi connectivity index (χ2v) is 6.47. The van der Waals surface area contributed by atoms with Crippen LogP contribution in [0, 0.1) is 0 Å². The van der Waals surface area contributed by atoms with E-state index in [2.05, 4.69) is 16.0 Å². The number of nitrogens with one attached hydrogen (secondary N) is 3. The van der Waals surface area contributed by atoms with Crippen molar-refractivity contribution in [1.29, 1.82) is 0 Å². The predicted octanol–water partition coefficient (Wildman–Crippen LogP) is 2.98. The summed E-state index contributed by atoms with van der Waals surface area (Å²) in [5.74, 6) is -0.333. The van der Waals surface area contributed by atoms with Gasteiger partial charge in [0, 0.05) is 5.54 Å². The second-order valence-electron chi connectivity index (χ2n) is 6.47. The zero-order chi connectivity index (χ0) is 18.5. The number of rotatable bonds is 4. The van der Waals surface area contributed by atoms with Gasteiger partial charge in [-0.15, -0.1) is 0 Å². The fourth-order valence-electron chi connectivity index (χ4n) is 1.91. The number of carbonyl (C=O) groups is 2. The molecular weight excluding hydrogens is 323 g/mol. The van der Waals surface area contributed by atoms with E-state index in [4.69, 9.17) is 0 Å². The fourth-order valence-corrected chi connectivity index (χ4v) is 1.91. The molecule has 1 aromatic carbocycles. The number of hydrogen-bond donors (Lipinski definition) is 3. The summed E-state index contributed by atoms with van der Waals surface area (Å²) in [5.41, 5.74) is -0.623. The molecule has 3 amide bonds. The Bertz CT molecular complexity index is 578. The Morgan fingerprint density at radius 2 is 1.62 bits per heavy atom. The molecule has 134 valence electrons. The number of halogens is 3.